The second kappa shape index (κ2) is 4.37. The van der Waals surface area contributed by atoms with Crippen molar-refractivity contribution in [2.75, 3.05) is 11.1 Å². The molecule has 0 radical (unpaired) electrons. The number of anilines is 3. The lowest BCUT2D eigenvalue weighted by Gasteiger charge is -2.08. The van der Waals surface area contributed by atoms with Crippen LogP contribution >= 0.6 is 0 Å². The third-order valence-corrected chi connectivity index (χ3v) is 2.25. The molecule has 0 bridgehead atoms. The molecule has 3 nitrogen and oxygen atoms in total. The Morgan fingerprint density at radius 3 is 2.31 bits per heavy atom. The van der Waals surface area contributed by atoms with Gasteiger partial charge in [-0.05, 0) is 36.4 Å². The van der Waals surface area contributed by atoms with E-state index in [1.807, 2.05) is 36.4 Å². The van der Waals surface area contributed by atoms with Crippen LogP contribution in [0.25, 0.3) is 0 Å². The number of nitriles is 1. The van der Waals surface area contributed by atoms with Crippen LogP contribution in [-0.2, 0) is 0 Å². The number of para-hydroxylation sites is 2. The van der Waals surface area contributed by atoms with Gasteiger partial charge in [-0.15, -0.1) is 0 Å². The molecular formula is C13H11N3. The molecule has 0 unspecified atom stereocenters. The molecule has 2 aromatic rings. The molecule has 0 fully saturated rings. The van der Waals surface area contributed by atoms with Crippen LogP contribution in [0, 0.1) is 11.3 Å². The molecule has 0 atom stereocenters. The van der Waals surface area contributed by atoms with Crippen LogP contribution in [0.5, 0.6) is 0 Å². The predicted octanol–water partition coefficient (Wildman–Crippen LogP) is 2.88. The minimum atomic E-state index is 0.645. The fourth-order valence-electron chi connectivity index (χ4n) is 1.39. The molecule has 3 heteroatoms. The zero-order valence-corrected chi connectivity index (χ0v) is 8.64. The van der Waals surface area contributed by atoms with Crippen molar-refractivity contribution >= 4 is 17.1 Å². The first-order valence-electron chi connectivity index (χ1n) is 4.91. The Morgan fingerprint density at radius 1 is 1.00 bits per heavy atom. The van der Waals surface area contributed by atoms with Gasteiger partial charge in [0.05, 0.1) is 23.0 Å². The molecule has 0 aliphatic carbocycles. The maximum atomic E-state index is 8.67. The Morgan fingerprint density at radius 2 is 1.69 bits per heavy atom. The van der Waals surface area contributed by atoms with E-state index in [1.54, 1.807) is 12.1 Å². The lowest BCUT2D eigenvalue weighted by atomic mass is 10.2. The van der Waals surface area contributed by atoms with E-state index in [-0.39, 0.29) is 0 Å². The van der Waals surface area contributed by atoms with Crippen LogP contribution in [0.1, 0.15) is 5.56 Å². The molecule has 0 aliphatic rings. The van der Waals surface area contributed by atoms with E-state index >= 15 is 0 Å². The highest BCUT2D eigenvalue weighted by atomic mass is 14.9. The SMILES string of the molecule is N#Cc1ccc(Nc2ccccc2N)cc1. The summed E-state index contributed by atoms with van der Waals surface area (Å²) in [5, 5.41) is 11.9. The summed E-state index contributed by atoms with van der Waals surface area (Å²) >= 11 is 0. The van der Waals surface area contributed by atoms with Crippen LogP contribution in [0.3, 0.4) is 0 Å². The zero-order valence-electron chi connectivity index (χ0n) is 8.64. The third kappa shape index (κ3) is 2.12. The van der Waals surface area contributed by atoms with Gasteiger partial charge in [0.25, 0.3) is 0 Å². The highest BCUT2D eigenvalue weighted by Gasteiger charge is 1.98. The average Bonchev–Trinajstić information content (AvgIpc) is 2.33. The predicted molar refractivity (Wildman–Crippen MR) is 65.3 cm³/mol. The smallest absolute Gasteiger partial charge is 0.0991 e. The summed E-state index contributed by atoms with van der Waals surface area (Å²) in [6.07, 6.45) is 0. The van der Waals surface area contributed by atoms with Crippen molar-refractivity contribution in [3.05, 3.63) is 54.1 Å². The molecule has 0 aromatic heterocycles. The summed E-state index contributed by atoms with van der Waals surface area (Å²) in [7, 11) is 0. The number of nitrogens with zero attached hydrogens (tertiary/aromatic N) is 1. The fourth-order valence-corrected chi connectivity index (χ4v) is 1.39. The van der Waals surface area contributed by atoms with Crippen molar-refractivity contribution < 1.29 is 0 Å². The number of nitrogens with one attached hydrogen (secondary N) is 1. The molecule has 2 rings (SSSR count). The van der Waals surface area contributed by atoms with Gasteiger partial charge in [0.2, 0.25) is 0 Å². The maximum absolute atomic E-state index is 8.67. The second-order valence-electron chi connectivity index (χ2n) is 3.40. The van der Waals surface area contributed by atoms with Crippen LogP contribution in [0.4, 0.5) is 17.1 Å². The van der Waals surface area contributed by atoms with Crippen LogP contribution in [0.15, 0.2) is 48.5 Å². The molecule has 0 aliphatic heterocycles. The minimum Gasteiger partial charge on any atom is -0.397 e. The number of nitrogen functional groups attached to an aromatic ring is 1. The monoisotopic (exact) mass is 209 g/mol. The van der Waals surface area contributed by atoms with E-state index in [0.29, 0.717) is 11.3 Å². The van der Waals surface area contributed by atoms with Gasteiger partial charge >= 0.3 is 0 Å². The number of benzene rings is 2. The van der Waals surface area contributed by atoms with Gasteiger partial charge in [0.1, 0.15) is 0 Å². The fraction of sp³-hybridized carbons (Fsp3) is 0. The summed E-state index contributed by atoms with van der Waals surface area (Å²) in [4.78, 5) is 0. The molecule has 2 aromatic carbocycles. The number of hydrogen-bond donors (Lipinski definition) is 2. The summed E-state index contributed by atoms with van der Waals surface area (Å²) in [5.74, 6) is 0. The highest BCUT2D eigenvalue weighted by molar-refractivity contribution is 5.72. The standard InChI is InChI=1S/C13H11N3/c14-9-10-5-7-11(8-6-10)16-13-4-2-1-3-12(13)15/h1-8,16H,15H2. The van der Waals surface area contributed by atoms with E-state index in [0.717, 1.165) is 11.4 Å². The van der Waals surface area contributed by atoms with Gasteiger partial charge in [-0.1, -0.05) is 12.1 Å². The Bertz CT molecular complexity index is 524. The van der Waals surface area contributed by atoms with E-state index in [9.17, 15) is 0 Å². The zero-order chi connectivity index (χ0) is 11.4. The summed E-state index contributed by atoms with van der Waals surface area (Å²) in [5.41, 5.74) is 8.94. The average molecular weight is 209 g/mol. The molecular weight excluding hydrogens is 198 g/mol. The molecule has 0 heterocycles. The summed E-state index contributed by atoms with van der Waals surface area (Å²) in [6, 6.07) is 16.9. The van der Waals surface area contributed by atoms with E-state index in [1.165, 1.54) is 0 Å². The van der Waals surface area contributed by atoms with Gasteiger partial charge in [-0.25, -0.2) is 0 Å². The van der Waals surface area contributed by atoms with Crippen molar-refractivity contribution in [1.29, 1.82) is 5.26 Å². The minimum absolute atomic E-state index is 0.645. The van der Waals surface area contributed by atoms with E-state index in [4.69, 9.17) is 11.0 Å². The summed E-state index contributed by atoms with van der Waals surface area (Å²) < 4.78 is 0. The number of rotatable bonds is 2. The van der Waals surface area contributed by atoms with Crippen LogP contribution < -0.4 is 11.1 Å². The molecule has 0 amide bonds. The third-order valence-electron chi connectivity index (χ3n) is 2.25. The first-order valence-corrected chi connectivity index (χ1v) is 4.91. The van der Waals surface area contributed by atoms with Crippen molar-refractivity contribution in [1.82, 2.24) is 0 Å². The van der Waals surface area contributed by atoms with Gasteiger partial charge in [0, 0.05) is 5.69 Å². The largest absolute Gasteiger partial charge is 0.397 e. The van der Waals surface area contributed by atoms with E-state index < -0.39 is 0 Å². The molecule has 3 N–H and O–H groups in total. The van der Waals surface area contributed by atoms with Gasteiger partial charge in [-0.2, -0.15) is 5.26 Å². The Labute approximate surface area is 94.1 Å². The van der Waals surface area contributed by atoms with Crippen molar-refractivity contribution in [3.63, 3.8) is 0 Å². The molecule has 78 valence electrons. The van der Waals surface area contributed by atoms with Crippen molar-refractivity contribution in [2.45, 2.75) is 0 Å². The van der Waals surface area contributed by atoms with Crippen LogP contribution in [-0.4, -0.2) is 0 Å². The lowest BCUT2D eigenvalue weighted by Crippen LogP contribution is -1.95. The first kappa shape index (κ1) is 10.1. The van der Waals surface area contributed by atoms with Gasteiger partial charge < -0.3 is 11.1 Å². The normalized spacial score (nSPS) is 9.44. The molecule has 0 spiro atoms. The lowest BCUT2D eigenvalue weighted by molar-refractivity contribution is 1.47. The topological polar surface area (TPSA) is 61.8 Å². The first-order chi connectivity index (χ1) is 7.79. The van der Waals surface area contributed by atoms with Crippen molar-refractivity contribution in [2.24, 2.45) is 0 Å². The van der Waals surface area contributed by atoms with Crippen molar-refractivity contribution in [3.8, 4) is 6.07 Å². The second-order valence-corrected chi connectivity index (χ2v) is 3.40. The number of hydrogen-bond acceptors (Lipinski definition) is 3. The summed E-state index contributed by atoms with van der Waals surface area (Å²) in [6.45, 7) is 0. The van der Waals surface area contributed by atoms with Gasteiger partial charge in [-0.3, -0.25) is 0 Å². The van der Waals surface area contributed by atoms with Crippen LogP contribution in [0.2, 0.25) is 0 Å². The highest BCUT2D eigenvalue weighted by Crippen LogP contribution is 2.22. The molecule has 16 heavy (non-hydrogen) atoms. The van der Waals surface area contributed by atoms with E-state index in [2.05, 4.69) is 11.4 Å². The molecule has 0 saturated carbocycles. The number of nitrogens with two attached hydrogens (primary N) is 1. The van der Waals surface area contributed by atoms with Gasteiger partial charge in [0.15, 0.2) is 0 Å². The Kier molecular flexibility index (Phi) is 2.75. The molecule has 0 saturated heterocycles. The maximum Gasteiger partial charge on any atom is 0.0991 e. The Hall–Kier alpha value is -2.47. The Balaban J connectivity index is 2.22. The quantitative estimate of drug-likeness (QED) is 0.747.